The maximum atomic E-state index is 9.16. The van der Waals surface area contributed by atoms with Crippen molar-refractivity contribution in [2.24, 2.45) is 0 Å². The van der Waals surface area contributed by atoms with Gasteiger partial charge in [-0.25, -0.2) is 4.98 Å². The predicted octanol–water partition coefficient (Wildman–Crippen LogP) is 0.956. The van der Waals surface area contributed by atoms with Gasteiger partial charge >= 0.3 is 0 Å². The van der Waals surface area contributed by atoms with Crippen LogP contribution in [0.4, 0.5) is 0 Å². The highest BCUT2D eigenvalue weighted by molar-refractivity contribution is 5.00. The molecule has 0 spiro atoms. The van der Waals surface area contributed by atoms with E-state index in [4.69, 9.17) is 5.11 Å². The zero-order valence-corrected chi connectivity index (χ0v) is 6.28. The molecule has 0 amide bonds. The number of aromatic nitrogens is 2. The quantitative estimate of drug-likeness (QED) is 0.664. The lowest BCUT2D eigenvalue weighted by Crippen LogP contribution is -2.01. The van der Waals surface area contributed by atoms with Crippen molar-refractivity contribution in [1.29, 1.82) is 0 Å². The summed E-state index contributed by atoms with van der Waals surface area (Å²) in [6.07, 6.45) is 3.00. The zero-order chi connectivity index (χ0) is 7.56. The first kappa shape index (κ1) is 7.28. The second-order valence-electron chi connectivity index (χ2n) is 2.28. The number of nitrogens with zero attached hydrogens (tertiary/aromatic N) is 2. The number of hydrogen-bond donors (Lipinski definition) is 1. The van der Waals surface area contributed by atoms with E-state index in [1.807, 2.05) is 11.5 Å². The topological polar surface area (TPSA) is 38.0 Å². The molecule has 1 N–H and O–H groups in total. The Balaban J connectivity index is 2.90. The molecule has 1 heterocycles. The minimum Gasteiger partial charge on any atom is -0.387 e. The molecule has 3 heteroatoms. The average Bonchev–Trinajstić information content (AvgIpc) is 2.33. The Bertz CT molecular complexity index is 205. The van der Waals surface area contributed by atoms with Crippen molar-refractivity contribution in [2.45, 2.75) is 26.5 Å². The summed E-state index contributed by atoms with van der Waals surface area (Å²) in [6.45, 7) is 4.62. The standard InChI is InChI=1S/C7H12N2O/c1-3-9-5-8-4-7(9)6(2)10/h4-6,10H,3H2,1-2H3/t6-/m0/s1. The minimum atomic E-state index is -0.414. The third-order valence-electron chi connectivity index (χ3n) is 1.51. The van der Waals surface area contributed by atoms with Gasteiger partial charge in [0.2, 0.25) is 0 Å². The zero-order valence-electron chi connectivity index (χ0n) is 6.28. The van der Waals surface area contributed by atoms with Crippen LogP contribution in [0.1, 0.15) is 25.6 Å². The maximum Gasteiger partial charge on any atom is 0.0948 e. The summed E-state index contributed by atoms with van der Waals surface area (Å²) in [5, 5.41) is 9.16. The Labute approximate surface area is 60.3 Å². The van der Waals surface area contributed by atoms with Crippen LogP contribution >= 0.6 is 0 Å². The summed E-state index contributed by atoms with van der Waals surface area (Å²) in [5.74, 6) is 0. The van der Waals surface area contributed by atoms with Gasteiger partial charge in [0.05, 0.1) is 24.3 Å². The molecule has 0 fully saturated rings. The van der Waals surface area contributed by atoms with Gasteiger partial charge in [0, 0.05) is 6.54 Å². The third kappa shape index (κ3) is 1.19. The highest BCUT2D eigenvalue weighted by atomic mass is 16.3. The maximum absolute atomic E-state index is 9.16. The first-order valence-electron chi connectivity index (χ1n) is 3.43. The number of aliphatic hydroxyl groups excluding tert-OH is 1. The van der Waals surface area contributed by atoms with Crippen LogP contribution in [0.5, 0.6) is 0 Å². The number of rotatable bonds is 2. The molecule has 10 heavy (non-hydrogen) atoms. The summed E-state index contributed by atoms with van der Waals surface area (Å²) in [7, 11) is 0. The summed E-state index contributed by atoms with van der Waals surface area (Å²) in [4.78, 5) is 3.92. The Morgan fingerprint density at radius 2 is 2.50 bits per heavy atom. The van der Waals surface area contributed by atoms with Gasteiger partial charge in [-0.1, -0.05) is 0 Å². The van der Waals surface area contributed by atoms with Crippen LogP contribution in [-0.2, 0) is 6.54 Å². The fourth-order valence-electron chi connectivity index (χ4n) is 0.943. The van der Waals surface area contributed by atoms with Gasteiger partial charge in [0.25, 0.3) is 0 Å². The molecular formula is C7H12N2O. The van der Waals surface area contributed by atoms with E-state index in [-0.39, 0.29) is 0 Å². The van der Waals surface area contributed by atoms with E-state index in [0.717, 1.165) is 12.2 Å². The minimum absolute atomic E-state index is 0.414. The molecule has 3 nitrogen and oxygen atoms in total. The molecule has 0 saturated heterocycles. The van der Waals surface area contributed by atoms with E-state index < -0.39 is 6.10 Å². The van der Waals surface area contributed by atoms with Gasteiger partial charge in [-0.3, -0.25) is 0 Å². The van der Waals surface area contributed by atoms with Crippen LogP contribution in [0.2, 0.25) is 0 Å². The van der Waals surface area contributed by atoms with Gasteiger partial charge in [0.15, 0.2) is 0 Å². The van der Waals surface area contributed by atoms with Crippen LogP contribution in [0, 0.1) is 0 Å². The largest absolute Gasteiger partial charge is 0.387 e. The molecule has 0 aliphatic carbocycles. The van der Waals surface area contributed by atoms with E-state index >= 15 is 0 Å². The molecule has 0 aliphatic rings. The smallest absolute Gasteiger partial charge is 0.0948 e. The van der Waals surface area contributed by atoms with Gasteiger partial charge in [-0.15, -0.1) is 0 Å². The molecule has 1 aromatic heterocycles. The van der Waals surface area contributed by atoms with Crippen LogP contribution in [0.3, 0.4) is 0 Å². The first-order valence-corrected chi connectivity index (χ1v) is 3.43. The summed E-state index contributed by atoms with van der Waals surface area (Å²) < 4.78 is 1.92. The Morgan fingerprint density at radius 1 is 1.80 bits per heavy atom. The average molecular weight is 140 g/mol. The molecular weight excluding hydrogens is 128 g/mol. The summed E-state index contributed by atoms with van der Waals surface area (Å²) in [5.41, 5.74) is 0.877. The molecule has 1 aromatic rings. The van der Waals surface area contributed by atoms with Crippen molar-refractivity contribution in [2.75, 3.05) is 0 Å². The van der Waals surface area contributed by atoms with Crippen LogP contribution in [0.25, 0.3) is 0 Å². The van der Waals surface area contributed by atoms with Crippen LogP contribution < -0.4 is 0 Å². The van der Waals surface area contributed by atoms with E-state index in [1.165, 1.54) is 0 Å². The second kappa shape index (κ2) is 2.84. The van der Waals surface area contributed by atoms with Crippen LogP contribution in [0.15, 0.2) is 12.5 Å². The number of aliphatic hydroxyl groups is 1. The Morgan fingerprint density at radius 3 is 2.90 bits per heavy atom. The van der Waals surface area contributed by atoms with E-state index in [2.05, 4.69) is 4.98 Å². The number of aryl methyl sites for hydroxylation is 1. The van der Waals surface area contributed by atoms with Crippen molar-refractivity contribution in [1.82, 2.24) is 9.55 Å². The van der Waals surface area contributed by atoms with Crippen molar-refractivity contribution in [3.05, 3.63) is 18.2 Å². The Hall–Kier alpha value is -0.830. The van der Waals surface area contributed by atoms with E-state index in [0.29, 0.717) is 0 Å². The van der Waals surface area contributed by atoms with Gasteiger partial charge in [-0.2, -0.15) is 0 Å². The molecule has 0 bridgehead atoms. The normalized spacial score (nSPS) is 13.5. The fraction of sp³-hybridized carbons (Fsp3) is 0.571. The predicted molar refractivity (Wildman–Crippen MR) is 38.5 cm³/mol. The van der Waals surface area contributed by atoms with E-state index in [9.17, 15) is 0 Å². The Kier molecular flexibility index (Phi) is 2.06. The number of hydrogen-bond acceptors (Lipinski definition) is 2. The summed E-state index contributed by atoms with van der Waals surface area (Å²) >= 11 is 0. The molecule has 0 unspecified atom stereocenters. The molecule has 0 aromatic carbocycles. The van der Waals surface area contributed by atoms with Crippen molar-refractivity contribution in [3.63, 3.8) is 0 Å². The van der Waals surface area contributed by atoms with Crippen LogP contribution in [-0.4, -0.2) is 14.7 Å². The van der Waals surface area contributed by atoms with Crippen molar-refractivity contribution in [3.8, 4) is 0 Å². The highest BCUT2D eigenvalue weighted by Gasteiger charge is 2.04. The van der Waals surface area contributed by atoms with Crippen molar-refractivity contribution >= 4 is 0 Å². The molecule has 1 rings (SSSR count). The van der Waals surface area contributed by atoms with E-state index in [1.54, 1.807) is 19.4 Å². The molecule has 0 aliphatic heterocycles. The molecule has 0 saturated carbocycles. The lowest BCUT2D eigenvalue weighted by atomic mass is 10.3. The lowest BCUT2D eigenvalue weighted by molar-refractivity contribution is 0.189. The first-order chi connectivity index (χ1) is 4.75. The lowest BCUT2D eigenvalue weighted by Gasteiger charge is -2.05. The molecule has 0 radical (unpaired) electrons. The second-order valence-corrected chi connectivity index (χ2v) is 2.28. The van der Waals surface area contributed by atoms with Gasteiger partial charge in [0.1, 0.15) is 0 Å². The monoisotopic (exact) mass is 140 g/mol. The SMILES string of the molecule is CCn1cncc1[C@H](C)O. The third-order valence-corrected chi connectivity index (χ3v) is 1.51. The number of imidazole rings is 1. The van der Waals surface area contributed by atoms with Crippen molar-refractivity contribution < 1.29 is 5.11 Å². The summed E-state index contributed by atoms with van der Waals surface area (Å²) in [6, 6.07) is 0. The highest BCUT2D eigenvalue weighted by Crippen LogP contribution is 2.09. The molecule has 56 valence electrons. The molecule has 1 atom stereocenters. The van der Waals surface area contributed by atoms with Gasteiger partial charge in [-0.05, 0) is 13.8 Å². The fourth-order valence-corrected chi connectivity index (χ4v) is 0.943. The van der Waals surface area contributed by atoms with Gasteiger partial charge < -0.3 is 9.67 Å².